The van der Waals surface area contributed by atoms with E-state index in [4.69, 9.17) is 14.6 Å². The van der Waals surface area contributed by atoms with Crippen molar-refractivity contribution in [1.29, 1.82) is 0 Å². The van der Waals surface area contributed by atoms with Crippen molar-refractivity contribution >= 4 is 5.78 Å². The van der Waals surface area contributed by atoms with E-state index in [9.17, 15) is 9.90 Å². The van der Waals surface area contributed by atoms with Crippen molar-refractivity contribution in [3.63, 3.8) is 0 Å². The van der Waals surface area contributed by atoms with Crippen molar-refractivity contribution in [3.8, 4) is 0 Å². The van der Waals surface area contributed by atoms with E-state index in [1.165, 1.54) is 13.8 Å². The van der Waals surface area contributed by atoms with Crippen LogP contribution in [0.2, 0.25) is 0 Å². The van der Waals surface area contributed by atoms with E-state index in [1.807, 2.05) is 0 Å². The fourth-order valence-electron chi connectivity index (χ4n) is 1.58. The zero-order chi connectivity index (χ0) is 15.0. The highest BCUT2D eigenvalue weighted by molar-refractivity contribution is 6.01. The van der Waals surface area contributed by atoms with Crippen LogP contribution in [-0.2, 0) is 16.1 Å². The van der Waals surface area contributed by atoms with E-state index in [2.05, 4.69) is 0 Å². The smallest absolute Gasteiger partial charge is 0.193 e. The van der Waals surface area contributed by atoms with Gasteiger partial charge in [-0.3, -0.25) is 4.79 Å². The van der Waals surface area contributed by atoms with E-state index in [-0.39, 0.29) is 12.4 Å². The van der Waals surface area contributed by atoms with Crippen LogP contribution < -0.4 is 0 Å². The number of aliphatic hydroxyl groups is 2. The van der Waals surface area contributed by atoms with Gasteiger partial charge in [0.05, 0.1) is 33.0 Å². The van der Waals surface area contributed by atoms with Gasteiger partial charge in [-0.25, -0.2) is 0 Å². The van der Waals surface area contributed by atoms with Crippen LogP contribution in [-0.4, -0.2) is 48.0 Å². The third-order valence-electron chi connectivity index (χ3n) is 2.65. The first-order valence-corrected chi connectivity index (χ1v) is 6.57. The van der Waals surface area contributed by atoms with Gasteiger partial charge >= 0.3 is 0 Å². The van der Waals surface area contributed by atoms with Crippen molar-refractivity contribution < 1.29 is 24.5 Å². The van der Waals surface area contributed by atoms with Gasteiger partial charge < -0.3 is 19.7 Å². The minimum absolute atomic E-state index is 0.0106. The number of carbonyl (C=O) groups excluding carboxylic acids is 1. The number of aliphatic hydroxyl groups excluding tert-OH is 1. The molecule has 0 spiro atoms. The molecule has 0 bridgehead atoms. The van der Waals surface area contributed by atoms with Gasteiger partial charge in [-0.2, -0.15) is 0 Å². The summed E-state index contributed by atoms with van der Waals surface area (Å²) in [5.74, 6) is -0.303. The minimum Gasteiger partial charge on any atom is -0.394 e. The third kappa shape index (κ3) is 5.79. The van der Waals surface area contributed by atoms with Gasteiger partial charge in [-0.05, 0) is 19.4 Å². The van der Waals surface area contributed by atoms with E-state index >= 15 is 0 Å². The molecule has 0 atom stereocenters. The SMILES string of the molecule is CC(C)(O)C(=O)c1ccc(COCCOCCO)cc1. The molecule has 0 aliphatic rings. The first-order valence-electron chi connectivity index (χ1n) is 6.57. The van der Waals surface area contributed by atoms with Gasteiger partial charge in [-0.15, -0.1) is 0 Å². The summed E-state index contributed by atoms with van der Waals surface area (Å²) in [7, 11) is 0. The van der Waals surface area contributed by atoms with Crippen LogP contribution in [0, 0.1) is 0 Å². The van der Waals surface area contributed by atoms with E-state index in [0.717, 1.165) is 5.56 Å². The highest BCUT2D eigenvalue weighted by Gasteiger charge is 2.24. The molecule has 0 amide bonds. The molecule has 0 unspecified atom stereocenters. The van der Waals surface area contributed by atoms with Crippen LogP contribution in [0.25, 0.3) is 0 Å². The van der Waals surface area contributed by atoms with E-state index < -0.39 is 5.60 Å². The maximum Gasteiger partial charge on any atom is 0.193 e. The molecule has 0 radical (unpaired) electrons. The van der Waals surface area contributed by atoms with Gasteiger partial charge in [-0.1, -0.05) is 24.3 Å². The van der Waals surface area contributed by atoms with E-state index in [0.29, 0.717) is 32.0 Å². The Labute approximate surface area is 119 Å². The summed E-state index contributed by atoms with van der Waals surface area (Å²) in [6, 6.07) is 6.96. The Bertz CT molecular complexity index is 405. The first-order chi connectivity index (χ1) is 9.45. The maximum atomic E-state index is 11.8. The molecular weight excluding hydrogens is 260 g/mol. The molecule has 0 aliphatic carbocycles. The second kappa shape index (κ2) is 8.11. The first kappa shape index (κ1) is 16.8. The zero-order valence-corrected chi connectivity index (χ0v) is 12.0. The van der Waals surface area contributed by atoms with Gasteiger partial charge in [0, 0.05) is 5.56 Å². The van der Waals surface area contributed by atoms with Crippen molar-refractivity contribution in [2.45, 2.75) is 26.1 Å². The molecule has 2 N–H and O–H groups in total. The molecule has 20 heavy (non-hydrogen) atoms. The monoisotopic (exact) mass is 282 g/mol. The molecule has 112 valence electrons. The number of hydrogen-bond donors (Lipinski definition) is 2. The standard InChI is InChI=1S/C15H22O5/c1-15(2,18)14(17)13-5-3-12(4-6-13)11-20-10-9-19-8-7-16/h3-6,16,18H,7-11H2,1-2H3. The Hall–Kier alpha value is -1.27. The zero-order valence-electron chi connectivity index (χ0n) is 12.0. The summed E-state index contributed by atoms with van der Waals surface area (Å²) in [6.45, 7) is 4.59. The van der Waals surface area contributed by atoms with Crippen LogP contribution >= 0.6 is 0 Å². The average Bonchev–Trinajstić information content (AvgIpc) is 2.41. The molecule has 0 fully saturated rings. The predicted octanol–water partition coefficient (Wildman–Crippen LogP) is 1.17. The van der Waals surface area contributed by atoms with Crippen LogP contribution in [0.1, 0.15) is 29.8 Å². The summed E-state index contributed by atoms with van der Waals surface area (Å²) in [5.41, 5.74) is 0.0641. The summed E-state index contributed by atoms with van der Waals surface area (Å²) < 4.78 is 10.5. The summed E-state index contributed by atoms with van der Waals surface area (Å²) in [5, 5.41) is 18.2. The van der Waals surface area contributed by atoms with Crippen molar-refractivity contribution in [2.24, 2.45) is 0 Å². The second-order valence-electron chi connectivity index (χ2n) is 4.97. The molecule has 0 saturated heterocycles. The average molecular weight is 282 g/mol. The number of ether oxygens (including phenoxy) is 2. The molecule has 1 aromatic rings. The number of ketones is 1. The van der Waals surface area contributed by atoms with Gasteiger partial charge in [0.1, 0.15) is 5.60 Å². The molecule has 0 aliphatic heterocycles. The Morgan fingerprint density at radius 2 is 1.70 bits per heavy atom. The second-order valence-corrected chi connectivity index (χ2v) is 4.97. The highest BCUT2D eigenvalue weighted by atomic mass is 16.5. The quantitative estimate of drug-likeness (QED) is 0.525. The van der Waals surface area contributed by atoms with E-state index in [1.54, 1.807) is 24.3 Å². The van der Waals surface area contributed by atoms with Crippen LogP contribution in [0.5, 0.6) is 0 Å². The largest absolute Gasteiger partial charge is 0.394 e. The molecule has 5 heteroatoms. The Morgan fingerprint density at radius 3 is 2.25 bits per heavy atom. The summed E-state index contributed by atoms with van der Waals surface area (Å²) in [6.07, 6.45) is 0. The normalized spacial score (nSPS) is 11.6. The molecule has 1 rings (SSSR count). The third-order valence-corrected chi connectivity index (χ3v) is 2.65. The van der Waals surface area contributed by atoms with Gasteiger partial charge in [0.15, 0.2) is 5.78 Å². The van der Waals surface area contributed by atoms with Gasteiger partial charge in [0.25, 0.3) is 0 Å². The maximum absolute atomic E-state index is 11.8. The summed E-state index contributed by atoms with van der Waals surface area (Å²) in [4.78, 5) is 11.8. The topological polar surface area (TPSA) is 76.0 Å². The van der Waals surface area contributed by atoms with Crippen molar-refractivity contribution in [1.82, 2.24) is 0 Å². The van der Waals surface area contributed by atoms with Crippen LogP contribution in [0.3, 0.4) is 0 Å². The summed E-state index contributed by atoms with van der Waals surface area (Å²) >= 11 is 0. The van der Waals surface area contributed by atoms with Gasteiger partial charge in [0.2, 0.25) is 0 Å². The lowest BCUT2D eigenvalue weighted by atomic mass is 9.96. The van der Waals surface area contributed by atoms with Crippen LogP contribution in [0.4, 0.5) is 0 Å². The lowest BCUT2D eigenvalue weighted by Crippen LogP contribution is -2.31. The van der Waals surface area contributed by atoms with Crippen molar-refractivity contribution in [3.05, 3.63) is 35.4 Å². The number of benzene rings is 1. The minimum atomic E-state index is -1.36. The molecular formula is C15H22O5. The molecule has 1 aromatic carbocycles. The number of carbonyl (C=O) groups is 1. The lowest BCUT2D eigenvalue weighted by molar-refractivity contribution is 0.0274. The number of rotatable bonds is 9. The lowest BCUT2D eigenvalue weighted by Gasteiger charge is -2.15. The molecule has 0 aromatic heterocycles. The Morgan fingerprint density at radius 1 is 1.10 bits per heavy atom. The Kier molecular flexibility index (Phi) is 6.81. The van der Waals surface area contributed by atoms with Crippen molar-refractivity contribution in [2.75, 3.05) is 26.4 Å². The Balaban J connectivity index is 2.38. The highest BCUT2D eigenvalue weighted by Crippen LogP contribution is 2.13. The molecule has 5 nitrogen and oxygen atoms in total. The predicted molar refractivity (Wildman–Crippen MR) is 74.6 cm³/mol. The molecule has 0 saturated carbocycles. The number of hydrogen-bond acceptors (Lipinski definition) is 5. The van der Waals surface area contributed by atoms with Crippen LogP contribution in [0.15, 0.2) is 24.3 Å². The fraction of sp³-hybridized carbons (Fsp3) is 0.533. The fourth-order valence-corrected chi connectivity index (χ4v) is 1.58. The number of Topliss-reactive ketones (excluding diaryl/α,β-unsaturated/α-hetero) is 1. The molecule has 0 heterocycles.